The summed E-state index contributed by atoms with van der Waals surface area (Å²) >= 11 is 0. The Morgan fingerprint density at radius 3 is 2.83 bits per heavy atom. The molecule has 0 aliphatic carbocycles. The van der Waals surface area contributed by atoms with Gasteiger partial charge in [-0.1, -0.05) is 0 Å². The molecule has 1 aromatic carbocycles. The highest BCUT2D eigenvalue weighted by Crippen LogP contribution is 2.36. The second-order valence-electron chi connectivity index (χ2n) is 6.88. The summed E-state index contributed by atoms with van der Waals surface area (Å²) in [5.41, 5.74) is 1.35. The summed E-state index contributed by atoms with van der Waals surface area (Å²) in [7, 11) is 0. The van der Waals surface area contributed by atoms with E-state index in [1.165, 1.54) is 0 Å². The molecule has 0 bridgehead atoms. The number of rotatable bonds is 1. The summed E-state index contributed by atoms with van der Waals surface area (Å²) in [5, 5.41) is 13.6. The SMILES string of the molecule is Cc1cc2cc(NC(=O)N3CCC4(CC3)C[C@H](O)CO4)ccc2o1. The third-order valence-electron chi connectivity index (χ3n) is 5.04. The summed E-state index contributed by atoms with van der Waals surface area (Å²) < 4.78 is 11.3. The average molecular weight is 330 g/mol. The molecule has 0 unspecified atom stereocenters. The van der Waals surface area contributed by atoms with Gasteiger partial charge in [0.1, 0.15) is 11.3 Å². The number of ether oxygens (including phenoxy) is 1. The van der Waals surface area contributed by atoms with Gasteiger partial charge in [-0.05, 0) is 44.0 Å². The first-order valence-corrected chi connectivity index (χ1v) is 8.41. The molecule has 24 heavy (non-hydrogen) atoms. The Hall–Kier alpha value is -2.05. The van der Waals surface area contributed by atoms with Crippen LogP contribution in [-0.2, 0) is 4.74 Å². The number of nitrogens with zero attached hydrogens (tertiary/aromatic N) is 1. The van der Waals surface area contributed by atoms with Crippen molar-refractivity contribution < 1.29 is 19.1 Å². The number of urea groups is 1. The third kappa shape index (κ3) is 2.87. The fourth-order valence-electron chi connectivity index (χ4n) is 3.74. The van der Waals surface area contributed by atoms with E-state index in [1.807, 2.05) is 36.1 Å². The molecule has 2 saturated heterocycles. The number of nitrogens with one attached hydrogen (secondary N) is 1. The standard InChI is InChI=1S/C18H22N2O4/c1-12-8-13-9-14(2-3-16(13)24-12)19-17(22)20-6-4-18(5-7-20)10-15(21)11-23-18/h2-3,8-9,15,21H,4-7,10-11H2,1H3,(H,19,22)/t15-/m0/s1. The predicted octanol–water partition coefficient (Wildman–Crippen LogP) is 2.89. The second-order valence-corrected chi connectivity index (χ2v) is 6.88. The second kappa shape index (κ2) is 5.79. The monoisotopic (exact) mass is 330 g/mol. The number of aliphatic hydroxyl groups is 1. The van der Waals surface area contributed by atoms with Crippen LogP contribution in [0.3, 0.4) is 0 Å². The van der Waals surface area contributed by atoms with E-state index >= 15 is 0 Å². The minimum absolute atomic E-state index is 0.0945. The molecular weight excluding hydrogens is 308 g/mol. The van der Waals surface area contributed by atoms with Gasteiger partial charge in [-0.15, -0.1) is 0 Å². The van der Waals surface area contributed by atoms with Crippen molar-refractivity contribution in [2.75, 3.05) is 25.0 Å². The Bertz CT molecular complexity index is 761. The number of carbonyl (C=O) groups excluding carboxylic acids is 1. The highest BCUT2D eigenvalue weighted by Gasteiger charge is 2.42. The van der Waals surface area contributed by atoms with Crippen molar-refractivity contribution in [2.45, 2.75) is 37.9 Å². The smallest absolute Gasteiger partial charge is 0.321 e. The zero-order chi connectivity index (χ0) is 16.7. The van der Waals surface area contributed by atoms with Gasteiger partial charge in [-0.3, -0.25) is 0 Å². The van der Waals surface area contributed by atoms with Gasteiger partial charge in [0.25, 0.3) is 0 Å². The molecule has 0 saturated carbocycles. The number of aliphatic hydroxyl groups excluding tert-OH is 1. The molecule has 2 aliphatic rings. The van der Waals surface area contributed by atoms with Gasteiger partial charge in [0.05, 0.1) is 18.3 Å². The van der Waals surface area contributed by atoms with E-state index in [0.717, 1.165) is 35.3 Å². The van der Waals surface area contributed by atoms with Crippen molar-refractivity contribution in [3.8, 4) is 0 Å². The lowest BCUT2D eigenvalue weighted by molar-refractivity contribution is -0.0365. The number of amides is 2. The molecule has 2 fully saturated rings. The Kier molecular flexibility index (Phi) is 3.73. The van der Waals surface area contributed by atoms with Crippen molar-refractivity contribution in [3.63, 3.8) is 0 Å². The summed E-state index contributed by atoms with van der Waals surface area (Å²) in [4.78, 5) is 14.3. The van der Waals surface area contributed by atoms with Gasteiger partial charge >= 0.3 is 6.03 Å². The van der Waals surface area contributed by atoms with Crippen LogP contribution in [0.4, 0.5) is 10.5 Å². The first kappa shape index (κ1) is 15.5. The number of likely N-dealkylation sites (tertiary alicyclic amines) is 1. The van der Waals surface area contributed by atoms with E-state index in [-0.39, 0.29) is 17.7 Å². The zero-order valence-corrected chi connectivity index (χ0v) is 13.7. The fraction of sp³-hybridized carbons (Fsp3) is 0.500. The van der Waals surface area contributed by atoms with Gasteiger partial charge < -0.3 is 24.5 Å². The first-order valence-electron chi connectivity index (χ1n) is 8.41. The third-order valence-corrected chi connectivity index (χ3v) is 5.04. The van der Waals surface area contributed by atoms with Gasteiger partial charge in [-0.25, -0.2) is 4.79 Å². The van der Waals surface area contributed by atoms with E-state index in [1.54, 1.807) is 0 Å². The van der Waals surface area contributed by atoms with E-state index < -0.39 is 0 Å². The largest absolute Gasteiger partial charge is 0.461 e. The maximum absolute atomic E-state index is 12.5. The quantitative estimate of drug-likeness (QED) is 0.843. The Balaban J connectivity index is 1.39. The van der Waals surface area contributed by atoms with Gasteiger partial charge in [0.2, 0.25) is 0 Å². The molecule has 4 rings (SSSR count). The molecule has 0 radical (unpaired) electrons. The molecule has 128 valence electrons. The first-order chi connectivity index (χ1) is 11.5. The Labute approximate surface area is 140 Å². The van der Waals surface area contributed by atoms with E-state index in [0.29, 0.717) is 26.1 Å². The van der Waals surface area contributed by atoms with Gasteiger partial charge in [0.15, 0.2) is 0 Å². The van der Waals surface area contributed by atoms with Crippen LogP contribution in [0.2, 0.25) is 0 Å². The minimum atomic E-state index is -0.365. The van der Waals surface area contributed by atoms with Crippen molar-refractivity contribution in [1.29, 1.82) is 0 Å². The molecule has 6 heteroatoms. The molecule has 6 nitrogen and oxygen atoms in total. The molecular formula is C18H22N2O4. The van der Waals surface area contributed by atoms with Gasteiger partial charge in [-0.2, -0.15) is 0 Å². The molecule has 1 spiro atoms. The molecule has 1 aromatic heterocycles. The molecule has 3 heterocycles. The summed E-state index contributed by atoms with van der Waals surface area (Å²) in [6.45, 7) is 3.61. The van der Waals surface area contributed by atoms with E-state index in [9.17, 15) is 9.90 Å². The predicted molar refractivity (Wildman–Crippen MR) is 90.1 cm³/mol. The highest BCUT2D eigenvalue weighted by molar-refractivity contribution is 5.92. The summed E-state index contributed by atoms with van der Waals surface area (Å²) in [6, 6.07) is 7.51. The number of anilines is 1. The van der Waals surface area contributed by atoms with Crippen LogP contribution in [0, 0.1) is 6.92 Å². The highest BCUT2D eigenvalue weighted by atomic mass is 16.5. The zero-order valence-electron chi connectivity index (χ0n) is 13.7. The van der Waals surface area contributed by atoms with Gasteiger partial charge in [0, 0.05) is 30.6 Å². The summed E-state index contributed by atoms with van der Waals surface area (Å²) in [6.07, 6.45) is 1.86. The normalized spacial score (nSPS) is 23.1. The van der Waals surface area contributed by atoms with Crippen molar-refractivity contribution in [3.05, 3.63) is 30.0 Å². The van der Waals surface area contributed by atoms with Crippen LogP contribution < -0.4 is 5.32 Å². The molecule has 2 N–H and O–H groups in total. The Morgan fingerprint density at radius 2 is 2.12 bits per heavy atom. The number of hydrogen-bond donors (Lipinski definition) is 2. The van der Waals surface area contributed by atoms with Crippen LogP contribution in [0.5, 0.6) is 0 Å². The maximum Gasteiger partial charge on any atom is 0.321 e. The molecule has 2 amide bonds. The average Bonchev–Trinajstić information content (AvgIpc) is 3.09. The van der Waals surface area contributed by atoms with Crippen LogP contribution in [0.1, 0.15) is 25.0 Å². The van der Waals surface area contributed by atoms with Crippen LogP contribution in [0.25, 0.3) is 11.0 Å². The van der Waals surface area contributed by atoms with E-state index in [2.05, 4.69) is 5.32 Å². The molecule has 2 aliphatic heterocycles. The number of furan rings is 1. The van der Waals surface area contributed by atoms with Crippen molar-refractivity contribution >= 4 is 22.7 Å². The Morgan fingerprint density at radius 1 is 1.33 bits per heavy atom. The molecule has 1 atom stereocenters. The summed E-state index contributed by atoms with van der Waals surface area (Å²) in [5.74, 6) is 0.855. The van der Waals surface area contributed by atoms with Crippen molar-refractivity contribution in [1.82, 2.24) is 4.90 Å². The number of piperidine rings is 1. The number of aryl methyl sites for hydroxylation is 1. The lowest BCUT2D eigenvalue weighted by Gasteiger charge is -2.38. The fourth-order valence-corrected chi connectivity index (χ4v) is 3.74. The number of hydrogen-bond acceptors (Lipinski definition) is 4. The van der Waals surface area contributed by atoms with Crippen LogP contribution in [-0.4, -0.2) is 47.4 Å². The minimum Gasteiger partial charge on any atom is -0.461 e. The van der Waals surface area contributed by atoms with E-state index in [4.69, 9.17) is 9.15 Å². The number of fused-ring (bicyclic) bond motifs is 1. The van der Waals surface area contributed by atoms with Crippen LogP contribution >= 0.6 is 0 Å². The lowest BCUT2D eigenvalue weighted by Crippen LogP contribution is -2.47. The topological polar surface area (TPSA) is 74.9 Å². The number of benzene rings is 1. The number of carbonyl (C=O) groups is 1. The maximum atomic E-state index is 12.5. The van der Waals surface area contributed by atoms with Crippen LogP contribution in [0.15, 0.2) is 28.7 Å². The molecule has 2 aromatic rings. The lowest BCUT2D eigenvalue weighted by atomic mass is 9.88. The van der Waals surface area contributed by atoms with Crippen molar-refractivity contribution in [2.24, 2.45) is 0 Å².